The van der Waals surface area contributed by atoms with E-state index in [1.165, 1.54) is 0 Å². The molecule has 1 aromatic heterocycles. The molecule has 0 fully saturated rings. The minimum absolute atomic E-state index is 0.0709. The largest absolute Gasteiger partial charge is 0.349 e. The van der Waals surface area contributed by atoms with Gasteiger partial charge in [-0.15, -0.1) is 0 Å². The first-order valence-corrected chi connectivity index (χ1v) is 9.39. The number of carbonyl (C=O) groups is 2. The van der Waals surface area contributed by atoms with Crippen LogP contribution in [-0.4, -0.2) is 16.4 Å². The normalized spacial score (nSPS) is 11.0. The summed E-state index contributed by atoms with van der Waals surface area (Å²) in [7, 11) is 0. The van der Waals surface area contributed by atoms with Crippen molar-refractivity contribution >= 4 is 17.9 Å². The molecule has 0 aliphatic carbocycles. The zero-order valence-electron chi connectivity index (χ0n) is 16.8. The number of carbonyl (C=O) groups excluding carboxylic acids is 2. The molecule has 0 radical (unpaired) electrons. The summed E-state index contributed by atoms with van der Waals surface area (Å²) in [5.74, 6) is -1.09. The third-order valence-corrected chi connectivity index (χ3v) is 4.64. The Morgan fingerprint density at radius 3 is 2.39 bits per heavy atom. The monoisotopic (exact) mass is 378 g/mol. The van der Waals surface area contributed by atoms with Gasteiger partial charge < -0.3 is 4.57 Å². The Bertz CT molecular complexity index is 931. The van der Waals surface area contributed by atoms with Crippen LogP contribution in [0.15, 0.2) is 35.9 Å². The fourth-order valence-corrected chi connectivity index (χ4v) is 2.99. The maximum atomic E-state index is 12.3. The molecule has 2 aromatic rings. The van der Waals surface area contributed by atoms with Gasteiger partial charge in [0.05, 0.1) is 0 Å². The first-order chi connectivity index (χ1) is 13.4. The first-order valence-electron chi connectivity index (χ1n) is 9.39. The fraction of sp³-hybridized carbons (Fsp3) is 0.318. The van der Waals surface area contributed by atoms with E-state index in [2.05, 4.69) is 22.3 Å². The Kier molecular flexibility index (Phi) is 7.16. The van der Waals surface area contributed by atoms with Crippen LogP contribution in [0.25, 0.3) is 6.08 Å². The molecule has 2 N–H and O–H groups in total. The average molecular weight is 378 g/mol. The van der Waals surface area contributed by atoms with Crippen molar-refractivity contribution in [2.75, 3.05) is 0 Å². The van der Waals surface area contributed by atoms with Crippen LogP contribution >= 0.6 is 0 Å². The van der Waals surface area contributed by atoms with Gasteiger partial charge in [-0.1, -0.05) is 26.0 Å². The van der Waals surface area contributed by atoms with Gasteiger partial charge in [-0.05, 0) is 62.1 Å². The van der Waals surface area contributed by atoms with E-state index in [0.29, 0.717) is 5.56 Å². The summed E-state index contributed by atoms with van der Waals surface area (Å²) < 4.78 is 2.15. The molecule has 0 bridgehead atoms. The Balaban J connectivity index is 2.09. The summed E-state index contributed by atoms with van der Waals surface area (Å²) in [6.07, 6.45) is 3.43. The lowest BCUT2D eigenvalue weighted by Gasteiger charge is -2.08. The van der Waals surface area contributed by atoms with Crippen LogP contribution in [0.3, 0.4) is 0 Å². The third kappa shape index (κ3) is 4.89. The molecule has 0 saturated carbocycles. The molecule has 0 unspecified atom stereocenters. The van der Waals surface area contributed by atoms with Crippen molar-refractivity contribution in [2.24, 2.45) is 0 Å². The number of amides is 2. The van der Waals surface area contributed by atoms with Crippen molar-refractivity contribution in [1.82, 2.24) is 15.4 Å². The van der Waals surface area contributed by atoms with Crippen LogP contribution in [-0.2, 0) is 17.8 Å². The number of aryl methyl sites for hydroxylation is 2. The van der Waals surface area contributed by atoms with Crippen molar-refractivity contribution < 1.29 is 9.59 Å². The molecule has 0 atom stereocenters. The molecular formula is C22H26N4O2. The van der Waals surface area contributed by atoms with Crippen molar-refractivity contribution in [3.05, 3.63) is 64.0 Å². The lowest BCUT2D eigenvalue weighted by Crippen LogP contribution is -2.42. The number of hydrazine groups is 1. The van der Waals surface area contributed by atoms with Crippen molar-refractivity contribution in [2.45, 2.75) is 47.1 Å². The Morgan fingerprint density at radius 2 is 1.82 bits per heavy atom. The van der Waals surface area contributed by atoms with E-state index in [-0.39, 0.29) is 5.57 Å². The number of rotatable bonds is 6. The lowest BCUT2D eigenvalue weighted by molar-refractivity contribution is -0.117. The topological polar surface area (TPSA) is 86.9 Å². The van der Waals surface area contributed by atoms with Gasteiger partial charge in [0, 0.05) is 23.5 Å². The van der Waals surface area contributed by atoms with E-state index in [1.54, 1.807) is 18.2 Å². The number of hydrogen-bond acceptors (Lipinski definition) is 3. The highest BCUT2D eigenvalue weighted by atomic mass is 16.2. The molecule has 0 aliphatic heterocycles. The molecule has 0 saturated heterocycles. The second-order valence-electron chi connectivity index (χ2n) is 6.61. The van der Waals surface area contributed by atoms with Gasteiger partial charge in [-0.3, -0.25) is 20.4 Å². The molecule has 0 spiro atoms. The summed E-state index contributed by atoms with van der Waals surface area (Å²) in [5.41, 5.74) is 9.04. The zero-order valence-corrected chi connectivity index (χ0v) is 16.8. The third-order valence-electron chi connectivity index (χ3n) is 4.64. The summed E-state index contributed by atoms with van der Waals surface area (Å²) >= 11 is 0. The van der Waals surface area contributed by atoms with E-state index >= 15 is 0 Å². The van der Waals surface area contributed by atoms with Crippen LogP contribution in [0.2, 0.25) is 0 Å². The average Bonchev–Trinajstić information content (AvgIpc) is 2.97. The minimum Gasteiger partial charge on any atom is -0.349 e. The second kappa shape index (κ2) is 9.56. The summed E-state index contributed by atoms with van der Waals surface area (Å²) in [6, 6.07) is 11.0. The van der Waals surface area contributed by atoms with Gasteiger partial charge in [0.1, 0.15) is 11.6 Å². The lowest BCUT2D eigenvalue weighted by atomic mass is 10.1. The molecule has 0 aliphatic rings. The molecule has 28 heavy (non-hydrogen) atoms. The molecule has 146 valence electrons. The summed E-state index contributed by atoms with van der Waals surface area (Å²) in [6.45, 7) is 8.97. The van der Waals surface area contributed by atoms with Crippen LogP contribution in [0.1, 0.15) is 53.1 Å². The van der Waals surface area contributed by atoms with Gasteiger partial charge in [0.25, 0.3) is 11.8 Å². The Labute approximate surface area is 165 Å². The van der Waals surface area contributed by atoms with Gasteiger partial charge in [-0.2, -0.15) is 5.26 Å². The van der Waals surface area contributed by atoms with Crippen molar-refractivity contribution in [3.8, 4) is 6.07 Å². The van der Waals surface area contributed by atoms with Crippen LogP contribution in [0, 0.1) is 25.2 Å². The smallest absolute Gasteiger partial charge is 0.280 e. The number of benzene rings is 1. The standard InChI is InChI=1S/C22H26N4O2/c1-5-11-26-15(3)12-19(16(26)4)13-20(14-23)22(28)25-24-21(27)18-9-7-17(6-2)8-10-18/h7-10,12-13H,5-6,11H2,1-4H3,(H,24,27)(H,25,28)/b20-13-. The van der Waals surface area contributed by atoms with Gasteiger partial charge in [0.15, 0.2) is 0 Å². The number of hydrogen-bond donors (Lipinski definition) is 2. The van der Waals surface area contributed by atoms with Crippen molar-refractivity contribution in [3.63, 3.8) is 0 Å². The highest BCUT2D eigenvalue weighted by molar-refractivity contribution is 6.03. The molecular weight excluding hydrogens is 352 g/mol. The van der Waals surface area contributed by atoms with Crippen LogP contribution < -0.4 is 10.9 Å². The Morgan fingerprint density at radius 1 is 1.14 bits per heavy atom. The first kappa shape index (κ1) is 21.0. The van der Waals surface area contributed by atoms with Crippen LogP contribution in [0.4, 0.5) is 0 Å². The molecule has 1 aromatic carbocycles. The zero-order chi connectivity index (χ0) is 20.7. The Hall–Kier alpha value is -3.33. The maximum absolute atomic E-state index is 12.3. The summed E-state index contributed by atoms with van der Waals surface area (Å²) in [4.78, 5) is 24.5. The molecule has 6 nitrogen and oxygen atoms in total. The SMILES string of the molecule is CCCn1c(C)cc(/C=C(/C#N)C(=O)NNC(=O)c2ccc(CC)cc2)c1C. The predicted octanol–water partition coefficient (Wildman–Crippen LogP) is 3.45. The van der Waals surface area contributed by atoms with E-state index in [0.717, 1.165) is 41.9 Å². The van der Waals surface area contributed by atoms with Crippen LogP contribution in [0.5, 0.6) is 0 Å². The van der Waals surface area contributed by atoms with Gasteiger partial charge in [-0.25, -0.2) is 0 Å². The van der Waals surface area contributed by atoms with Crippen molar-refractivity contribution in [1.29, 1.82) is 5.26 Å². The maximum Gasteiger partial charge on any atom is 0.280 e. The number of nitriles is 1. The molecule has 1 heterocycles. The van der Waals surface area contributed by atoms with Gasteiger partial charge in [0.2, 0.25) is 0 Å². The quantitative estimate of drug-likeness (QED) is 0.458. The van der Waals surface area contributed by atoms with E-state index in [9.17, 15) is 14.9 Å². The molecule has 2 rings (SSSR count). The van der Waals surface area contributed by atoms with E-state index in [4.69, 9.17) is 0 Å². The predicted molar refractivity (Wildman–Crippen MR) is 109 cm³/mol. The minimum atomic E-state index is -0.652. The number of nitrogens with zero attached hydrogens (tertiary/aromatic N) is 2. The van der Waals surface area contributed by atoms with E-state index in [1.807, 2.05) is 45.0 Å². The van der Waals surface area contributed by atoms with E-state index < -0.39 is 11.8 Å². The fourth-order valence-electron chi connectivity index (χ4n) is 2.99. The highest BCUT2D eigenvalue weighted by Gasteiger charge is 2.14. The molecule has 6 heteroatoms. The number of aromatic nitrogens is 1. The highest BCUT2D eigenvalue weighted by Crippen LogP contribution is 2.18. The second-order valence-corrected chi connectivity index (χ2v) is 6.61. The molecule has 2 amide bonds. The number of nitrogens with one attached hydrogen (secondary N) is 2. The van der Waals surface area contributed by atoms with Gasteiger partial charge >= 0.3 is 0 Å². The summed E-state index contributed by atoms with van der Waals surface area (Å²) in [5, 5.41) is 9.37.